The maximum absolute atomic E-state index is 11.0. The summed E-state index contributed by atoms with van der Waals surface area (Å²) >= 11 is 0. The van der Waals surface area contributed by atoms with Crippen LogP contribution in [0.4, 0.5) is 0 Å². The molecule has 1 aromatic rings. The van der Waals surface area contributed by atoms with Gasteiger partial charge in [0.2, 0.25) is 0 Å². The SMILES string of the molecule is CCCCCCOc1ccccc1C1(O)C=CC(C(=O)O)C=C1. The second-order valence-electron chi connectivity index (χ2n) is 5.81. The van der Waals surface area contributed by atoms with Gasteiger partial charge in [-0.1, -0.05) is 56.5 Å². The van der Waals surface area contributed by atoms with Crippen LogP contribution in [0.3, 0.4) is 0 Å². The fourth-order valence-corrected chi connectivity index (χ4v) is 2.60. The van der Waals surface area contributed by atoms with E-state index in [1.165, 1.54) is 37.1 Å². The molecule has 0 spiro atoms. The van der Waals surface area contributed by atoms with Gasteiger partial charge in [0, 0.05) is 5.56 Å². The smallest absolute Gasteiger partial charge is 0.314 e. The maximum Gasteiger partial charge on any atom is 0.314 e. The first-order chi connectivity index (χ1) is 11.1. The third-order valence-corrected chi connectivity index (χ3v) is 3.97. The summed E-state index contributed by atoms with van der Waals surface area (Å²) in [5.74, 6) is -0.994. The Balaban J connectivity index is 2.09. The fraction of sp³-hybridized carbons (Fsp3) is 0.421. The van der Waals surface area contributed by atoms with Crippen molar-refractivity contribution in [2.45, 2.75) is 38.2 Å². The highest BCUT2D eigenvalue weighted by molar-refractivity contribution is 5.75. The number of rotatable bonds is 8. The number of carbonyl (C=O) groups is 1. The third-order valence-electron chi connectivity index (χ3n) is 3.97. The number of aliphatic hydroxyl groups is 1. The number of hydrogen-bond acceptors (Lipinski definition) is 3. The number of carboxylic acids is 1. The van der Waals surface area contributed by atoms with Crippen molar-refractivity contribution in [1.29, 1.82) is 0 Å². The van der Waals surface area contributed by atoms with Gasteiger partial charge in [-0.25, -0.2) is 0 Å². The first-order valence-corrected chi connectivity index (χ1v) is 8.13. The second-order valence-corrected chi connectivity index (χ2v) is 5.81. The Morgan fingerprint density at radius 1 is 1.17 bits per heavy atom. The monoisotopic (exact) mass is 316 g/mol. The predicted octanol–water partition coefficient (Wildman–Crippen LogP) is 3.66. The van der Waals surface area contributed by atoms with Crippen molar-refractivity contribution in [2.75, 3.05) is 6.61 Å². The van der Waals surface area contributed by atoms with Crippen LogP contribution in [0.2, 0.25) is 0 Å². The van der Waals surface area contributed by atoms with E-state index in [9.17, 15) is 9.90 Å². The number of unbranched alkanes of at least 4 members (excludes halogenated alkanes) is 3. The highest BCUT2D eigenvalue weighted by Gasteiger charge is 2.30. The lowest BCUT2D eigenvalue weighted by molar-refractivity contribution is -0.138. The van der Waals surface area contributed by atoms with Gasteiger partial charge in [-0.05, 0) is 24.6 Å². The molecule has 0 aliphatic heterocycles. The summed E-state index contributed by atoms with van der Waals surface area (Å²) in [4.78, 5) is 11.0. The Hall–Kier alpha value is -2.07. The molecule has 4 heteroatoms. The number of benzene rings is 1. The first-order valence-electron chi connectivity index (χ1n) is 8.13. The summed E-state index contributed by atoms with van der Waals surface area (Å²) in [6.45, 7) is 2.77. The van der Waals surface area contributed by atoms with Gasteiger partial charge in [-0.3, -0.25) is 4.79 Å². The molecule has 4 nitrogen and oxygen atoms in total. The van der Waals surface area contributed by atoms with Crippen LogP contribution in [-0.2, 0) is 10.4 Å². The van der Waals surface area contributed by atoms with Crippen LogP contribution >= 0.6 is 0 Å². The Bertz CT molecular complexity index is 575. The minimum atomic E-state index is -1.33. The Labute approximate surface area is 137 Å². The molecule has 0 bridgehead atoms. The van der Waals surface area contributed by atoms with Crippen LogP contribution in [0, 0.1) is 5.92 Å². The molecule has 0 atom stereocenters. The van der Waals surface area contributed by atoms with Crippen molar-refractivity contribution in [1.82, 2.24) is 0 Å². The summed E-state index contributed by atoms with van der Waals surface area (Å²) in [5, 5.41) is 19.8. The van der Waals surface area contributed by atoms with Crippen LogP contribution in [0.5, 0.6) is 5.75 Å². The maximum atomic E-state index is 11.0. The van der Waals surface area contributed by atoms with Gasteiger partial charge >= 0.3 is 5.97 Å². The van der Waals surface area contributed by atoms with Gasteiger partial charge in [0.15, 0.2) is 0 Å². The minimum Gasteiger partial charge on any atom is -0.493 e. The normalized spacial score (nSPS) is 23.0. The largest absolute Gasteiger partial charge is 0.493 e. The topological polar surface area (TPSA) is 66.8 Å². The zero-order chi connectivity index (χ0) is 16.7. The van der Waals surface area contributed by atoms with Gasteiger partial charge in [0.1, 0.15) is 11.4 Å². The van der Waals surface area contributed by atoms with E-state index in [2.05, 4.69) is 6.92 Å². The van der Waals surface area contributed by atoms with Crippen molar-refractivity contribution in [3.8, 4) is 5.75 Å². The standard InChI is InChI=1S/C19H24O4/c1-2-3-4-7-14-23-17-9-6-5-8-16(17)19(22)12-10-15(11-13-19)18(20)21/h5-6,8-13,15,22H,2-4,7,14H2,1H3,(H,20,21). The van der Waals surface area contributed by atoms with Gasteiger partial charge in [-0.15, -0.1) is 0 Å². The molecule has 1 aliphatic carbocycles. The molecule has 0 saturated carbocycles. The highest BCUT2D eigenvalue weighted by Crippen LogP contribution is 2.35. The van der Waals surface area contributed by atoms with Crippen LogP contribution in [0.1, 0.15) is 38.2 Å². The van der Waals surface area contributed by atoms with E-state index >= 15 is 0 Å². The molecule has 1 aliphatic rings. The molecule has 124 valence electrons. The highest BCUT2D eigenvalue weighted by atomic mass is 16.5. The van der Waals surface area contributed by atoms with Crippen LogP contribution in [-0.4, -0.2) is 22.8 Å². The molecule has 0 heterocycles. The molecule has 0 radical (unpaired) electrons. The van der Waals surface area contributed by atoms with Gasteiger partial charge in [0.05, 0.1) is 12.5 Å². The summed E-state index contributed by atoms with van der Waals surface area (Å²) in [5.41, 5.74) is -0.696. The average Bonchev–Trinajstić information content (AvgIpc) is 2.55. The predicted molar refractivity (Wildman–Crippen MR) is 89.4 cm³/mol. The molecule has 0 aromatic heterocycles. The zero-order valence-electron chi connectivity index (χ0n) is 13.4. The summed E-state index contributed by atoms with van der Waals surface area (Å²) < 4.78 is 5.83. The van der Waals surface area contributed by atoms with Crippen molar-refractivity contribution in [3.63, 3.8) is 0 Å². The summed E-state index contributed by atoms with van der Waals surface area (Å²) in [6, 6.07) is 7.34. The first kappa shape index (κ1) is 17.3. The third kappa shape index (κ3) is 4.45. The molecule has 1 aromatic carbocycles. The van der Waals surface area contributed by atoms with E-state index in [-0.39, 0.29) is 0 Å². The summed E-state index contributed by atoms with van der Waals surface area (Å²) in [6.07, 6.45) is 10.5. The van der Waals surface area contributed by atoms with Gasteiger partial charge in [0.25, 0.3) is 0 Å². The van der Waals surface area contributed by atoms with E-state index in [0.29, 0.717) is 17.9 Å². The van der Waals surface area contributed by atoms with E-state index in [1.807, 2.05) is 18.2 Å². The van der Waals surface area contributed by atoms with E-state index in [4.69, 9.17) is 9.84 Å². The number of aliphatic carboxylic acids is 1. The zero-order valence-corrected chi connectivity index (χ0v) is 13.4. The van der Waals surface area contributed by atoms with Crippen molar-refractivity contribution in [3.05, 3.63) is 54.1 Å². The number of carboxylic acid groups (broad SMARTS) is 1. The Kier molecular flexibility index (Phi) is 5.99. The number of hydrogen-bond donors (Lipinski definition) is 2. The van der Waals surface area contributed by atoms with Crippen LogP contribution in [0.15, 0.2) is 48.6 Å². The summed E-state index contributed by atoms with van der Waals surface area (Å²) in [7, 11) is 0. The van der Waals surface area contributed by atoms with E-state index < -0.39 is 17.5 Å². The lowest BCUT2D eigenvalue weighted by atomic mass is 9.86. The lowest BCUT2D eigenvalue weighted by Gasteiger charge is -2.27. The molecule has 0 fully saturated rings. The van der Waals surface area contributed by atoms with Gasteiger partial charge < -0.3 is 14.9 Å². The Morgan fingerprint density at radius 3 is 2.52 bits per heavy atom. The van der Waals surface area contributed by atoms with Crippen LogP contribution in [0.25, 0.3) is 0 Å². The Morgan fingerprint density at radius 2 is 1.87 bits per heavy atom. The average molecular weight is 316 g/mol. The quantitative estimate of drug-likeness (QED) is 0.567. The molecule has 2 rings (SSSR count). The minimum absolute atomic E-state index is 0.609. The molecule has 23 heavy (non-hydrogen) atoms. The fourth-order valence-electron chi connectivity index (χ4n) is 2.60. The molecule has 0 saturated heterocycles. The lowest BCUT2D eigenvalue weighted by Crippen LogP contribution is -2.25. The second kappa shape index (κ2) is 7.97. The van der Waals surface area contributed by atoms with Crippen molar-refractivity contribution < 1.29 is 19.7 Å². The molecule has 2 N–H and O–H groups in total. The molecular weight excluding hydrogens is 292 g/mol. The molecule has 0 unspecified atom stereocenters. The van der Waals surface area contributed by atoms with Gasteiger partial charge in [-0.2, -0.15) is 0 Å². The number of para-hydroxylation sites is 1. The molecular formula is C19H24O4. The van der Waals surface area contributed by atoms with E-state index in [0.717, 1.165) is 12.8 Å². The van der Waals surface area contributed by atoms with Crippen LogP contribution < -0.4 is 4.74 Å². The number of ether oxygens (including phenoxy) is 1. The molecule has 0 amide bonds. The van der Waals surface area contributed by atoms with Crippen molar-refractivity contribution >= 4 is 5.97 Å². The van der Waals surface area contributed by atoms with Crippen molar-refractivity contribution in [2.24, 2.45) is 5.92 Å². The van der Waals surface area contributed by atoms with E-state index in [1.54, 1.807) is 6.07 Å².